The fraction of sp³-hybridized carbons (Fsp3) is 1.00. The molecule has 0 fully saturated rings. The van der Waals surface area contributed by atoms with Gasteiger partial charge < -0.3 is 4.57 Å². The Balaban J connectivity index is 3.35. The zero-order valence-corrected chi connectivity index (χ0v) is 12.9. The van der Waals surface area contributed by atoms with E-state index in [2.05, 4.69) is 32.4 Å². The molecule has 86 valence electrons. The zero-order chi connectivity index (χ0) is 11.0. The molecule has 14 heavy (non-hydrogen) atoms. The maximum Gasteiger partial charge on any atom is 0.0787 e. The van der Waals surface area contributed by atoms with E-state index in [-0.39, 0.29) is 0 Å². The lowest BCUT2D eigenvalue weighted by molar-refractivity contribution is 0.249. The number of nitrogens with zero attached hydrogens (tertiary/aromatic N) is 1. The molecule has 0 saturated carbocycles. The highest BCUT2D eigenvalue weighted by Crippen LogP contribution is 2.19. The van der Waals surface area contributed by atoms with Gasteiger partial charge in [0, 0.05) is 5.54 Å². The monoisotopic (exact) mass is 215 g/mol. The first-order chi connectivity index (χ1) is 6.50. The molecule has 0 amide bonds. The molecule has 0 radical (unpaired) electrons. The Labute approximate surface area is 93.8 Å². The molecule has 0 atom stereocenters. The summed E-state index contributed by atoms with van der Waals surface area (Å²) >= 11 is 0. The number of rotatable bonds is 8. The van der Waals surface area contributed by atoms with E-state index in [1.807, 2.05) is 0 Å². The second-order valence-corrected chi connectivity index (χ2v) is 6.57. The van der Waals surface area contributed by atoms with Gasteiger partial charge in [0.25, 0.3) is 0 Å². The van der Waals surface area contributed by atoms with Gasteiger partial charge in [-0.1, -0.05) is 45.4 Å². The predicted octanol–water partition coefficient (Wildman–Crippen LogP) is 2.73. The van der Waals surface area contributed by atoms with E-state index in [0.29, 0.717) is 5.54 Å². The topological polar surface area (TPSA) is 3.24 Å². The summed E-state index contributed by atoms with van der Waals surface area (Å²) in [5.74, 6) is 0. The first kappa shape index (κ1) is 14.2. The highest BCUT2D eigenvalue weighted by Gasteiger charge is 2.18. The fourth-order valence-corrected chi connectivity index (χ4v) is 1.79. The molecule has 0 rings (SSSR count). The first-order valence-corrected chi connectivity index (χ1v) is 7.07. The molecule has 0 heterocycles. The van der Waals surface area contributed by atoms with Gasteiger partial charge >= 0.3 is 0 Å². The van der Waals surface area contributed by atoms with Gasteiger partial charge in [-0.15, -0.1) is 0 Å². The summed E-state index contributed by atoms with van der Waals surface area (Å²) in [4.78, 5) is 0. The largest absolute Gasteiger partial charge is 0.330 e. The summed E-state index contributed by atoms with van der Waals surface area (Å²) in [7, 11) is 3.42. The van der Waals surface area contributed by atoms with Gasteiger partial charge in [-0.3, -0.25) is 0 Å². The molecule has 1 nitrogen and oxygen atoms in total. The van der Waals surface area contributed by atoms with Crippen molar-refractivity contribution in [3.8, 4) is 0 Å². The van der Waals surface area contributed by atoms with E-state index < -0.39 is 0 Å². The lowest BCUT2D eigenvalue weighted by atomic mass is 9.96. The van der Waals surface area contributed by atoms with Crippen LogP contribution in [0.25, 0.3) is 0 Å². The minimum absolute atomic E-state index is 0.441. The Morgan fingerprint density at radius 2 is 1.50 bits per heavy atom. The highest BCUT2D eigenvalue weighted by atomic mass is 28.2. The smallest absolute Gasteiger partial charge is 0.0787 e. The van der Waals surface area contributed by atoms with Crippen molar-refractivity contribution in [1.82, 2.24) is 4.57 Å². The van der Waals surface area contributed by atoms with Crippen LogP contribution in [0.5, 0.6) is 0 Å². The van der Waals surface area contributed by atoms with Crippen LogP contribution in [0.2, 0.25) is 0 Å². The molecule has 2 heteroatoms. The quantitative estimate of drug-likeness (QED) is 0.444. The third-order valence-corrected chi connectivity index (χ3v) is 4.56. The van der Waals surface area contributed by atoms with Crippen LogP contribution >= 0.6 is 0 Å². The second-order valence-electron chi connectivity index (χ2n) is 5.22. The van der Waals surface area contributed by atoms with Crippen LogP contribution in [-0.4, -0.2) is 27.6 Å². The predicted molar refractivity (Wildman–Crippen MR) is 69.8 cm³/mol. The molecule has 0 aliphatic carbocycles. The van der Waals surface area contributed by atoms with E-state index in [1.165, 1.54) is 55.3 Å². The van der Waals surface area contributed by atoms with Gasteiger partial charge in [-0.25, -0.2) is 0 Å². The maximum absolute atomic E-state index is 2.47. The normalized spacial score (nSPS) is 12.6. The van der Waals surface area contributed by atoms with Crippen LogP contribution in [0.1, 0.15) is 65.7 Å². The van der Waals surface area contributed by atoms with Crippen LogP contribution in [0.3, 0.4) is 0 Å². The van der Waals surface area contributed by atoms with Crippen LogP contribution in [0, 0.1) is 0 Å². The second kappa shape index (κ2) is 7.47. The van der Waals surface area contributed by atoms with Crippen LogP contribution in [0.15, 0.2) is 0 Å². The van der Waals surface area contributed by atoms with Crippen LogP contribution in [0.4, 0.5) is 0 Å². The summed E-state index contributed by atoms with van der Waals surface area (Å²) in [6.07, 6.45) is 9.85. The molecule has 0 aromatic carbocycles. The molecular weight excluding hydrogens is 186 g/mol. The SMILES string of the molecule is CCCCCCCCC(C)(C)N(C)[SiH3]. The van der Waals surface area contributed by atoms with E-state index in [0.717, 1.165) is 0 Å². The average Bonchev–Trinajstić information content (AvgIpc) is 2.10. The first-order valence-electron chi connectivity index (χ1n) is 6.18. The van der Waals surface area contributed by atoms with Crippen molar-refractivity contribution in [2.24, 2.45) is 0 Å². The Bertz CT molecular complexity index is 132. The molecule has 0 aromatic rings. The van der Waals surface area contributed by atoms with E-state index in [1.54, 1.807) is 0 Å². The van der Waals surface area contributed by atoms with Crippen molar-refractivity contribution in [2.45, 2.75) is 71.3 Å². The summed E-state index contributed by atoms with van der Waals surface area (Å²) in [6, 6.07) is 0. The van der Waals surface area contributed by atoms with Crippen molar-refractivity contribution in [2.75, 3.05) is 7.05 Å². The third kappa shape index (κ3) is 6.60. The standard InChI is InChI=1S/C12H29NSi/c1-5-6-7-8-9-10-11-12(2,3)13(4)14/h5-11H2,1-4,14H3. The summed E-state index contributed by atoms with van der Waals surface area (Å²) in [5, 5.41) is 0. The van der Waals surface area contributed by atoms with E-state index in [4.69, 9.17) is 0 Å². The van der Waals surface area contributed by atoms with Crippen molar-refractivity contribution >= 4 is 10.4 Å². The average molecular weight is 215 g/mol. The van der Waals surface area contributed by atoms with Crippen LogP contribution in [-0.2, 0) is 0 Å². The third-order valence-electron chi connectivity index (χ3n) is 3.35. The Kier molecular flexibility index (Phi) is 7.56. The van der Waals surface area contributed by atoms with Crippen molar-refractivity contribution in [3.05, 3.63) is 0 Å². The Morgan fingerprint density at radius 1 is 1.00 bits per heavy atom. The molecule has 0 unspecified atom stereocenters. The Morgan fingerprint density at radius 3 is 2.00 bits per heavy atom. The van der Waals surface area contributed by atoms with Crippen molar-refractivity contribution < 1.29 is 0 Å². The summed E-state index contributed by atoms with van der Waals surface area (Å²) in [5.41, 5.74) is 0.441. The molecule has 0 saturated heterocycles. The maximum atomic E-state index is 2.47. The molecule has 0 aromatic heterocycles. The van der Waals surface area contributed by atoms with Crippen molar-refractivity contribution in [1.29, 1.82) is 0 Å². The molecule has 0 N–H and O–H groups in total. The summed E-state index contributed by atoms with van der Waals surface area (Å²) in [6.45, 7) is 7.01. The number of unbranched alkanes of at least 4 members (excludes halogenated alkanes) is 5. The van der Waals surface area contributed by atoms with Crippen LogP contribution < -0.4 is 0 Å². The van der Waals surface area contributed by atoms with Gasteiger partial charge in [0.05, 0.1) is 10.4 Å². The molecule has 0 bridgehead atoms. The lowest BCUT2D eigenvalue weighted by Crippen LogP contribution is -2.38. The van der Waals surface area contributed by atoms with Gasteiger partial charge in [-0.2, -0.15) is 0 Å². The van der Waals surface area contributed by atoms with Gasteiger partial charge in [-0.05, 0) is 27.3 Å². The molecule has 0 aliphatic rings. The number of hydrogen-bond acceptors (Lipinski definition) is 1. The molecule has 0 aliphatic heterocycles. The Hall–Kier alpha value is 0.177. The van der Waals surface area contributed by atoms with Gasteiger partial charge in [0.15, 0.2) is 0 Å². The van der Waals surface area contributed by atoms with E-state index >= 15 is 0 Å². The molecule has 0 spiro atoms. The van der Waals surface area contributed by atoms with E-state index in [9.17, 15) is 0 Å². The minimum atomic E-state index is 0.441. The fourth-order valence-electron chi connectivity index (χ4n) is 1.56. The van der Waals surface area contributed by atoms with Gasteiger partial charge in [0.2, 0.25) is 0 Å². The number of hydrogen-bond donors (Lipinski definition) is 0. The zero-order valence-electron chi connectivity index (χ0n) is 10.9. The minimum Gasteiger partial charge on any atom is -0.330 e. The van der Waals surface area contributed by atoms with Crippen molar-refractivity contribution in [3.63, 3.8) is 0 Å². The highest BCUT2D eigenvalue weighted by molar-refractivity contribution is 6.04. The molecular formula is C12H29NSi. The van der Waals surface area contributed by atoms with Gasteiger partial charge in [0.1, 0.15) is 0 Å². The summed E-state index contributed by atoms with van der Waals surface area (Å²) < 4.78 is 2.47. The lowest BCUT2D eigenvalue weighted by Gasteiger charge is -2.33.